The fourth-order valence-electron chi connectivity index (χ4n) is 2.39. The second-order valence-corrected chi connectivity index (χ2v) is 6.24. The zero-order valence-corrected chi connectivity index (χ0v) is 14.1. The molecule has 5 nitrogen and oxygen atoms in total. The highest BCUT2D eigenvalue weighted by Gasteiger charge is 2.13. The van der Waals surface area contributed by atoms with Crippen LogP contribution in [0.4, 0.5) is 0 Å². The number of fused-ring (bicyclic) bond motifs is 1. The first kappa shape index (κ1) is 16.4. The molecule has 6 heteroatoms. The van der Waals surface area contributed by atoms with Gasteiger partial charge in [0.1, 0.15) is 6.54 Å². The Labute approximate surface area is 133 Å². The van der Waals surface area contributed by atoms with E-state index in [0.29, 0.717) is 11.2 Å². The van der Waals surface area contributed by atoms with Crippen molar-refractivity contribution in [1.82, 2.24) is 4.57 Å². The first-order valence-electron chi connectivity index (χ1n) is 7.21. The molecule has 118 valence electrons. The number of thiazole rings is 1. The van der Waals surface area contributed by atoms with Crippen LogP contribution in [0, 0.1) is 13.8 Å². The van der Waals surface area contributed by atoms with Crippen LogP contribution >= 0.6 is 11.3 Å². The largest absolute Gasteiger partial charge is 0.468 e. The van der Waals surface area contributed by atoms with Gasteiger partial charge in [-0.1, -0.05) is 24.3 Å². The molecule has 0 saturated carbocycles. The van der Waals surface area contributed by atoms with E-state index in [2.05, 4.69) is 11.1 Å². The summed E-state index contributed by atoms with van der Waals surface area (Å²) in [5, 5.41) is 0. The summed E-state index contributed by atoms with van der Waals surface area (Å²) in [5.74, 6) is -0.522. The van der Waals surface area contributed by atoms with Gasteiger partial charge in [0.05, 0.1) is 17.3 Å². The van der Waals surface area contributed by atoms with Gasteiger partial charge in [0, 0.05) is 6.42 Å². The Morgan fingerprint density at radius 1 is 1.32 bits per heavy atom. The van der Waals surface area contributed by atoms with E-state index in [-0.39, 0.29) is 18.4 Å². The number of aryl methyl sites for hydroxylation is 2. The number of hydrogen-bond acceptors (Lipinski definition) is 4. The van der Waals surface area contributed by atoms with Gasteiger partial charge in [-0.15, -0.1) is 0 Å². The Hall–Kier alpha value is -1.95. The molecule has 0 bridgehead atoms. The summed E-state index contributed by atoms with van der Waals surface area (Å²) in [6.07, 6.45) is 1.16. The summed E-state index contributed by atoms with van der Waals surface area (Å²) < 4.78 is 7.55. The molecule has 0 aliphatic rings. The van der Waals surface area contributed by atoms with Crippen molar-refractivity contribution >= 4 is 33.4 Å². The normalized spacial score (nSPS) is 11.9. The monoisotopic (exact) mass is 320 g/mol. The Morgan fingerprint density at radius 2 is 2.05 bits per heavy atom. The number of ether oxygens (including phenoxy) is 1. The number of rotatable bonds is 4. The third-order valence-corrected chi connectivity index (χ3v) is 4.34. The predicted octanol–water partition coefficient (Wildman–Crippen LogP) is 2.72. The smallest absolute Gasteiger partial charge is 0.325 e. The summed E-state index contributed by atoms with van der Waals surface area (Å²) in [6, 6.07) is 4.10. The molecule has 0 spiro atoms. The van der Waals surface area contributed by atoms with Gasteiger partial charge in [-0.2, -0.15) is 4.99 Å². The molecule has 1 amide bonds. The molecule has 0 unspecified atom stereocenters. The van der Waals surface area contributed by atoms with E-state index < -0.39 is 0 Å². The average Bonchev–Trinajstić information content (AvgIpc) is 2.76. The van der Waals surface area contributed by atoms with Crippen LogP contribution in [0.3, 0.4) is 0 Å². The van der Waals surface area contributed by atoms with Crippen molar-refractivity contribution in [2.75, 3.05) is 7.11 Å². The number of benzene rings is 1. The minimum absolute atomic E-state index is 0.0542. The third kappa shape index (κ3) is 3.44. The van der Waals surface area contributed by atoms with E-state index in [1.807, 2.05) is 26.8 Å². The predicted molar refractivity (Wildman–Crippen MR) is 86.8 cm³/mol. The molecule has 0 N–H and O–H groups in total. The number of carbonyl (C=O) groups is 2. The first-order valence-corrected chi connectivity index (χ1v) is 8.02. The molecular weight excluding hydrogens is 300 g/mol. The molecule has 0 aliphatic carbocycles. The van der Waals surface area contributed by atoms with Gasteiger partial charge in [-0.3, -0.25) is 9.59 Å². The fourth-order valence-corrected chi connectivity index (χ4v) is 3.62. The summed E-state index contributed by atoms with van der Waals surface area (Å²) in [5.41, 5.74) is 3.13. The Bertz CT molecular complexity index is 787. The molecular formula is C16H20N2O3S. The zero-order chi connectivity index (χ0) is 16.3. The number of nitrogens with zero attached hydrogens (tertiary/aromatic N) is 2. The highest BCUT2D eigenvalue weighted by molar-refractivity contribution is 7.16. The SMILES string of the molecule is CCCC(=O)N=c1sc2cc(C)cc(C)c2n1CC(=O)OC. The lowest BCUT2D eigenvalue weighted by molar-refractivity contribution is -0.141. The van der Waals surface area contributed by atoms with Crippen LogP contribution in [0.2, 0.25) is 0 Å². The van der Waals surface area contributed by atoms with Gasteiger partial charge < -0.3 is 9.30 Å². The highest BCUT2D eigenvalue weighted by atomic mass is 32.1. The van der Waals surface area contributed by atoms with Gasteiger partial charge in [0.2, 0.25) is 5.91 Å². The summed E-state index contributed by atoms with van der Waals surface area (Å²) in [6.45, 7) is 6.01. The number of amides is 1. The topological polar surface area (TPSA) is 60.7 Å². The summed E-state index contributed by atoms with van der Waals surface area (Å²) >= 11 is 1.43. The number of methoxy groups -OCH3 is 1. The molecule has 1 aromatic carbocycles. The molecule has 22 heavy (non-hydrogen) atoms. The minimum atomic E-state index is -0.357. The molecule has 0 saturated heterocycles. The quantitative estimate of drug-likeness (QED) is 0.814. The van der Waals surface area contributed by atoms with Crippen molar-refractivity contribution in [2.24, 2.45) is 4.99 Å². The summed E-state index contributed by atoms with van der Waals surface area (Å²) in [7, 11) is 1.35. The molecule has 0 fully saturated rings. The van der Waals surface area contributed by atoms with Crippen LogP contribution in [0.5, 0.6) is 0 Å². The second kappa shape index (κ2) is 6.87. The lowest BCUT2D eigenvalue weighted by atomic mass is 10.1. The number of aromatic nitrogens is 1. The summed E-state index contributed by atoms with van der Waals surface area (Å²) in [4.78, 5) is 28.3. The maximum absolute atomic E-state index is 11.9. The Morgan fingerprint density at radius 3 is 2.68 bits per heavy atom. The van der Waals surface area contributed by atoms with Crippen LogP contribution in [0.25, 0.3) is 10.2 Å². The van der Waals surface area contributed by atoms with E-state index in [1.165, 1.54) is 18.4 Å². The van der Waals surface area contributed by atoms with Crippen molar-refractivity contribution in [3.8, 4) is 0 Å². The Balaban J connectivity index is 2.68. The van der Waals surface area contributed by atoms with Crippen LogP contribution in [-0.4, -0.2) is 23.6 Å². The first-order chi connectivity index (χ1) is 10.5. The molecule has 0 aliphatic heterocycles. The highest BCUT2D eigenvalue weighted by Crippen LogP contribution is 2.23. The lowest BCUT2D eigenvalue weighted by Crippen LogP contribution is -2.22. The van der Waals surface area contributed by atoms with Crippen molar-refractivity contribution in [3.05, 3.63) is 28.1 Å². The maximum Gasteiger partial charge on any atom is 0.325 e. The van der Waals surface area contributed by atoms with Crippen molar-refractivity contribution in [2.45, 2.75) is 40.2 Å². The second-order valence-electron chi connectivity index (χ2n) is 5.23. The van der Waals surface area contributed by atoms with E-state index in [4.69, 9.17) is 4.74 Å². The standard InChI is InChI=1S/C16H20N2O3S/c1-5-6-13(19)17-16-18(9-14(20)21-4)15-11(3)7-10(2)8-12(15)22-16/h7-8H,5-6,9H2,1-4H3. The molecule has 2 aromatic rings. The van der Waals surface area contributed by atoms with Crippen molar-refractivity contribution in [1.29, 1.82) is 0 Å². The van der Waals surface area contributed by atoms with Crippen LogP contribution in [-0.2, 0) is 20.9 Å². The van der Waals surface area contributed by atoms with Gasteiger partial charge in [-0.05, 0) is 37.5 Å². The number of carbonyl (C=O) groups excluding carboxylic acids is 2. The maximum atomic E-state index is 11.9. The lowest BCUT2D eigenvalue weighted by Gasteiger charge is -2.06. The van der Waals surface area contributed by atoms with Gasteiger partial charge in [-0.25, -0.2) is 0 Å². The molecule has 1 heterocycles. The van der Waals surface area contributed by atoms with Gasteiger partial charge >= 0.3 is 5.97 Å². The molecule has 1 aromatic heterocycles. The van der Waals surface area contributed by atoms with E-state index in [0.717, 1.165) is 27.8 Å². The molecule has 0 atom stereocenters. The minimum Gasteiger partial charge on any atom is -0.468 e. The molecule has 0 radical (unpaired) electrons. The van der Waals surface area contributed by atoms with Crippen LogP contribution in [0.1, 0.15) is 30.9 Å². The van der Waals surface area contributed by atoms with E-state index in [1.54, 1.807) is 4.57 Å². The molecule has 2 rings (SSSR count). The van der Waals surface area contributed by atoms with Gasteiger partial charge in [0.25, 0.3) is 0 Å². The van der Waals surface area contributed by atoms with Crippen molar-refractivity contribution < 1.29 is 14.3 Å². The van der Waals surface area contributed by atoms with Crippen LogP contribution < -0.4 is 4.80 Å². The number of esters is 1. The van der Waals surface area contributed by atoms with Crippen LogP contribution in [0.15, 0.2) is 17.1 Å². The third-order valence-electron chi connectivity index (χ3n) is 3.31. The van der Waals surface area contributed by atoms with E-state index in [9.17, 15) is 9.59 Å². The van der Waals surface area contributed by atoms with E-state index >= 15 is 0 Å². The Kier molecular flexibility index (Phi) is 5.13. The average molecular weight is 320 g/mol. The van der Waals surface area contributed by atoms with Crippen molar-refractivity contribution in [3.63, 3.8) is 0 Å². The number of hydrogen-bond donors (Lipinski definition) is 0. The van der Waals surface area contributed by atoms with Gasteiger partial charge in [0.15, 0.2) is 4.80 Å². The zero-order valence-electron chi connectivity index (χ0n) is 13.3. The fraction of sp³-hybridized carbons (Fsp3) is 0.438.